The van der Waals surface area contributed by atoms with Gasteiger partial charge in [0.05, 0.1) is 17.3 Å². The molecule has 1 heterocycles. The third kappa shape index (κ3) is 5.11. The molecular formula is C19H19BrN4O2S. The average molecular weight is 447 g/mol. The number of rotatable bonds is 8. The zero-order chi connectivity index (χ0) is 19.1. The van der Waals surface area contributed by atoms with Gasteiger partial charge in [0.1, 0.15) is 18.1 Å². The monoisotopic (exact) mass is 446 g/mol. The number of hydrogen-bond acceptors (Lipinski definition) is 6. The molecule has 0 saturated heterocycles. The standard InChI is InChI=1S/C19H19BrN4O2S/c1-3-25-17-10-9-14(11-16(17)20)12-21-24-18(22-23-19(24)27-2)13-26-15-7-5-4-6-8-15/h4-12H,3,13H2,1-2H3/b21-12-. The summed E-state index contributed by atoms with van der Waals surface area (Å²) >= 11 is 4.99. The van der Waals surface area contributed by atoms with E-state index in [0.717, 1.165) is 21.5 Å². The molecule has 8 heteroatoms. The molecule has 0 saturated carbocycles. The molecule has 27 heavy (non-hydrogen) atoms. The second-order valence-electron chi connectivity index (χ2n) is 5.38. The van der Waals surface area contributed by atoms with Crippen molar-refractivity contribution in [3.8, 4) is 11.5 Å². The maximum absolute atomic E-state index is 5.77. The van der Waals surface area contributed by atoms with Gasteiger partial charge in [-0.1, -0.05) is 30.0 Å². The Hall–Kier alpha value is -2.32. The van der Waals surface area contributed by atoms with Crippen LogP contribution in [0.15, 0.2) is 63.3 Å². The van der Waals surface area contributed by atoms with Crippen LogP contribution in [-0.2, 0) is 6.61 Å². The zero-order valence-corrected chi connectivity index (χ0v) is 17.4. The predicted molar refractivity (Wildman–Crippen MR) is 111 cm³/mol. The molecule has 0 atom stereocenters. The third-order valence-electron chi connectivity index (χ3n) is 3.55. The van der Waals surface area contributed by atoms with Crippen LogP contribution >= 0.6 is 27.7 Å². The van der Waals surface area contributed by atoms with E-state index in [2.05, 4.69) is 31.2 Å². The first-order chi connectivity index (χ1) is 13.2. The Balaban J connectivity index is 1.78. The molecule has 3 rings (SSSR count). The molecule has 3 aromatic rings. The van der Waals surface area contributed by atoms with Gasteiger partial charge in [0.25, 0.3) is 0 Å². The summed E-state index contributed by atoms with van der Waals surface area (Å²) in [6, 6.07) is 15.4. The van der Waals surface area contributed by atoms with Gasteiger partial charge in [0.2, 0.25) is 5.16 Å². The summed E-state index contributed by atoms with van der Waals surface area (Å²) in [5.41, 5.74) is 0.931. The number of para-hydroxylation sites is 1. The first-order valence-electron chi connectivity index (χ1n) is 8.34. The molecule has 1 aromatic heterocycles. The summed E-state index contributed by atoms with van der Waals surface area (Å²) in [4.78, 5) is 0. The van der Waals surface area contributed by atoms with E-state index in [9.17, 15) is 0 Å². The van der Waals surface area contributed by atoms with Gasteiger partial charge in [-0.15, -0.1) is 10.2 Å². The fourth-order valence-electron chi connectivity index (χ4n) is 2.29. The quantitative estimate of drug-likeness (QED) is 0.373. The lowest BCUT2D eigenvalue weighted by atomic mass is 10.2. The molecular weight excluding hydrogens is 428 g/mol. The maximum Gasteiger partial charge on any atom is 0.211 e. The highest BCUT2D eigenvalue weighted by Gasteiger charge is 2.11. The van der Waals surface area contributed by atoms with Crippen molar-refractivity contribution in [3.63, 3.8) is 0 Å². The predicted octanol–water partition coefficient (Wildman–Crippen LogP) is 4.62. The number of thioether (sulfide) groups is 1. The number of hydrogen-bond donors (Lipinski definition) is 0. The Morgan fingerprint density at radius 3 is 2.67 bits per heavy atom. The van der Waals surface area contributed by atoms with E-state index < -0.39 is 0 Å². The summed E-state index contributed by atoms with van der Waals surface area (Å²) in [5.74, 6) is 2.21. The molecule has 0 N–H and O–H groups in total. The summed E-state index contributed by atoms with van der Waals surface area (Å²) in [6.45, 7) is 2.85. The first kappa shape index (κ1) is 19.4. The van der Waals surface area contributed by atoms with Gasteiger partial charge in [-0.2, -0.15) is 9.78 Å². The van der Waals surface area contributed by atoms with E-state index in [4.69, 9.17) is 9.47 Å². The third-order valence-corrected chi connectivity index (χ3v) is 4.79. The SMILES string of the molecule is CCOc1ccc(/C=N\n2c(COc3ccccc3)nnc2SC)cc1Br. The lowest BCUT2D eigenvalue weighted by Gasteiger charge is -2.07. The largest absolute Gasteiger partial charge is 0.493 e. The van der Waals surface area contributed by atoms with Crippen LogP contribution in [0.3, 0.4) is 0 Å². The molecule has 0 fully saturated rings. The molecule has 0 radical (unpaired) electrons. The Kier molecular flexibility index (Phi) is 6.89. The number of aromatic nitrogens is 3. The molecule has 0 aliphatic carbocycles. The molecule has 0 amide bonds. The fraction of sp³-hybridized carbons (Fsp3) is 0.211. The van der Waals surface area contributed by atoms with Crippen molar-refractivity contribution in [2.75, 3.05) is 12.9 Å². The number of ether oxygens (including phenoxy) is 2. The second-order valence-corrected chi connectivity index (χ2v) is 7.01. The minimum absolute atomic E-state index is 0.280. The van der Waals surface area contributed by atoms with Crippen LogP contribution < -0.4 is 9.47 Å². The van der Waals surface area contributed by atoms with E-state index in [-0.39, 0.29) is 6.61 Å². The minimum Gasteiger partial charge on any atom is -0.493 e. The first-order valence-corrected chi connectivity index (χ1v) is 10.4. The molecule has 2 aromatic carbocycles. The van der Waals surface area contributed by atoms with Crippen LogP contribution in [0.2, 0.25) is 0 Å². The normalized spacial score (nSPS) is 11.1. The number of nitrogens with zero attached hydrogens (tertiary/aromatic N) is 4. The van der Waals surface area contributed by atoms with Crippen molar-refractivity contribution >= 4 is 33.9 Å². The Bertz CT molecular complexity index is 915. The van der Waals surface area contributed by atoms with Crippen LogP contribution in [0, 0.1) is 0 Å². The minimum atomic E-state index is 0.280. The van der Waals surface area contributed by atoms with Crippen LogP contribution in [0.4, 0.5) is 0 Å². The second kappa shape index (κ2) is 9.57. The molecule has 140 valence electrons. The lowest BCUT2D eigenvalue weighted by molar-refractivity contribution is 0.290. The molecule has 0 bridgehead atoms. The van der Waals surface area contributed by atoms with Crippen molar-refractivity contribution < 1.29 is 9.47 Å². The van der Waals surface area contributed by atoms with Crippen LogP contribution in [0.1, 0.15) is 18.3 Å². The van der Waals surface area contributed by atoms with Crippen molar-refractivity contribution in [2.24, 2.45) is 5.10 Å². The van der Waals surface area contributed by atoms with Crippen LogP contribution in [0.5, 0.6) is 11.5 Å². The fourth-order valence-corrected chi connectivity index (χ4v) is 3.25. The zero-order valence-electron chi connectivity index (χ0n) is 15.0. The summed E-state index contributed by atoms with van der Waals surface area (Å²) in [7, 11) is 0. The highest BCUT2D eigenvalue weighted by atomic mass is 79.9. The maximum atomic E-state index is 5.77. The number of halogens is 1. The van der Waals surface area contributed by atoms with Gasteiger partial charge in [0.15, 0.2) is 5.82 Å². The van der Waals surface area contributed by atoms with Gasteiger partial charge >= 0.3 is 0 Å². The van der Waals surface area contributed by atoms with Crippen molar-refractivity contribution in [1.82, 2.24) is 14.9 Å². The van der Waals surface area contributed by atoms with Crippen molar-refractivity contribution in [3.05, 3.63) is 64.4 Å². The Labute approximate surface area is 170 Å². The van der Waals surface area contributed by atoms with Gasteiger partial charge in [0, 0.05) is 0 Å². The summed E-state index contributed by atoms with van der Waals surface area (Å²) in [5, 5.41) is 13.6. The van der Waals surface area contributed by atoms with E-state index in [1.165, 1.54) is 11.8 Å². The summed E-state index contributed by atoms with van der Waals surface area (Å²) < 4.78 is 13.9. The summed E-state index contributed by atoms with van der Waals surface area (Å²) in [6.07, 6.45) is 3.70. The molecule has 0 aliphatic rings. The van der Waals surface area contributed by atoms with Gasteiger partial charge in [-0.05, 0) is 65.0 Å². The number of benzene rings is 2. The van der Waals surface area contributed by atoms with E-state index in [0.29, 0.717) is 17.6 Å². The van der Waals surface area contributed by atoms with Gasteiger partial charge in [-0.25, -0.2) is 0 Å². The van der Waals surface area contributed by atoms with Crippen LogP contribution in [0.25, 0.3) is 0 Å². The molecule has 0 unspecified atom stereocenters. The van der Waals surface area contributed by atoms with Crippen LogP contribution in [-0.4, -0.2) is 34.0 Å². The lowest BCUT2D eigenvalue weighted by Crippen LogP contribution is -2.05. The van der Waals surface area contributed by atoms with E-state index >= 15 is 0 Å². The smallest absolute Gasteiger partial charge is 0.211 e. The topological polar surface area (TPSA) is 61.5 Å². The van der Waals surface area contributed by atoms with Gasteiger partial charge in [-0.3, -0.25) is 0 Å². The van der Waals surface area contributed by atoms with Gasteiger partial charge < -0.3 is 9.47 Å². The van der Waals surface area contributed by atoms with E-state index in [1.54, 1.807) is 10.9 Å². The molecule has 6 nitrogen and oxygen atoms in total. The Morgan fingerprint density at radius 2 is 1.96 bits per heavy atom. The Morgan fingerprint density at radius 1 is 1.15 bits per heavy atom. The average Bonchev–Trinajstić information content (AvgIpc) is 3.09. The van der Waals surface area contributed by atoms with Crippen molar-refractivity contribution in [1.29, 1.82) is 0 Å². The highest BCUT2D eigenvalue weighted by Crippen LogP contribution is 2.25. The van der Waals surface area contributed by atoms with Crippen molar-refractivity contribution in [2.45, 2.75) is 18.7 Å². The molecule has 0 spiro atoms. The highest BCUT2D eigenvalue weighted by molar-refractivity contribution is 9.10. The van der Waals surface area contributed by atoms with E-state index in [1.807, 2.05) is 61.7 Å². The molecule has 0 aliphatic heterocycles.